The quantitative estimate of drug-likeness (QED) is 0.296. The molecule has 2 bridgehead atoms. The Hall–Kier alpha value is -2.92. The van der Waals surface area contributed by atoms with Crippen molar-refractivity contribution < 1.29 is 28.0 Å². The summed E-state index contributed by atoms with van der Waals surface area (Å²) in [6.07, 6.45) is 8.41. The number of hydrogen-bond donors (Lipinski definition) is 0. The molecule has 2 amide bonds. The summed E-state index contributed by atoms with van der Waals surface area (Å²) < 4.78 is 36.0. The van der Waals surface area contributed by atoms with Crippen LogP contribution in [0.4, 0.5) is 5.69 Å². The second-order valence-electron chi connectivity index (χ2n) is 13.8. The van der Waals surface area contributed by atoms with Crippen molar-refractivity contribution in [3.05, 3.63) is 70.3 Å². The molecule has 1 fully saturated rings. The van der Waals surface area contributed by atoms with E-state index in [1.165, 1.54) is 16.0 Å². The van der Waals surface area contributed by atoms with E-state index in [1.807, 2.05) is 37.3 Å². The number of nitrogens with zero attached hydrogens (tertiary/aromatic N) is 3. The van der Waals surface area contributed by atoms with E-state index in [0.29, 0.717) is 18.1 Å². The van der Waals surface area contributed by atoms with Crippen molar-refractivity contribution in [3.8, 4) is 5.75 Å². The lowest BCUT2D eigenvalue weighted by molar-refractivity contribution is -0.135. The molecule has 6 unspecified atom stereocenters. The molecule has 2 aromatic rings. The lowest BCUT2D eigenvalue weighted by atomic mass is 9.68. The Labute approximate surface area is 284 Å². The first-order valence-corrected chi connectivity index (χ1v) is 18.2. The number of benzene rings is 2. The highest BCUT2D eigenvalue weighted by molar-refractivity contribution is 7.75. The Morgan fingerprint density at radius 1 is 1.17 bits per heavy atom. The maximum atomic E-state index is 13.4. The molecule has 47 heavy (non-hydrogen) atoms. The van der Waals surface area contributed by atoms with Crippen LogP contribution in [0.2, 0.25) is 5.02 Å². The molecule has 11 heteroatoms. The van der Waals surface area contributed by atoms with E-state index in [4.69, 9.17) is 25.8 Å². The number of carbonyl (C=O) groups excluding carboxylic acids is 2. The van der Waals surface area contributed by atoms with Crippen LogP contribution in [0.3, 0.4) is 0 Å². The lowest BCUT2D eigenvalue weighted by Gasteiger charge is -2.46. The van der Waals surface area contributed by atoms with Gasteiger partial charge in [-0.2, -0.15) is 10.6 Å². The van der Waals surface area contributed by atoms with Crippen LogP contribution in [0.5, 0.6) is 5.75 Å². The van der Waals surface area contributed by atoms with Crippen LogP contribution in [0.25, 0.3) is 0 Å². The minimum Gasteiger partial charge on any atom is -0.490 e. The van der Waals surface area contributed by atoms with Crippen molar-refractivity contribution >= 4 is 39.7 Å². The second kappa shape index (κ2) is 14.3. The van der Waals surface area contributed by atoms with E-state index >= 15 is 0 Å². The minimum atomic E-state index is -1.80. The predicted octanol–water partition coefficient (Wildman–Crippen LogP) is 5.82. The number of likely N-dealkylation sites (N-methyl/N-ethyl adjacent to an activating group) is 1. The number of ether oxygens (including phenoxy) is 3. The van der Waals surface area contributed by atoms with Gasteiger partial charge in [0.1, 0.15) is 12.4 Å². The van der Waals surface area contributed by atoms with Crippen LogP contribution in [-0.4, -0.2) is 82.2 Å². The molecule has 6 atom stereocenters. The van der Waals surface area contributed by atoms with E-state index in [2.05, 4.69) is 21.4 Å². The van der Waals surface area contributed by atoms with Crippen LogP contribution < -0.4 is 9.64 Å². The van der Waals surface area contributed by atoms with Crippen molar-refractivity contribution in [1.82, 2.24) is 4.90 Å². The van der Waals surface area contributed by atoms with E-state index in [-0.39, 0.29) is 41.6 Å². The predicted molar refractivity (Wildman–Crippen MR) is 184 cm³/mol. The summed E-state index contributed by atoms with van der Waals surface area (Å²) in [6, 6.07) is 11.7. The lowest BCUT2D eigenvalue weighted by Crippen LogP contribution is -2.49. The van der Waals surface area contributed by atoms with Gasteiger partial charge in [0.15, 0.2) is 0 Å². The summed E-state index contributed by atoms with van der Waals surface area (Å²) in [7, 11) is 3.29. The zero-order chi connectivity index (χ0) is 33.3. The number of aryl methyl sites for hydroxylation is 1. The summed E-state index contributed by atoms with van der Waals surface area (Å²) in [5.74, 6) is 0.494. The first-order chi connectivity index (χ1) is 22.6. The minimum absolute atomic E-state index is 0.104. The van der Waals surface area contributed by atoms with Crippen LogP contribution >= 0.6 is 11.6 Å². The zero-order valence-electron chi connectivity index (χ0n) is 27.7. The Morgan fingerprint density at radius 2 is 1.98 bits per heavy atom. The van der Waals surface area contributed by atoms with E-state index in [1.54, 1.807) is 27.3 Å². The molecule has 4 aliphatic rings. The number of rotatable bonds is 4. The molecule has 2 aliphatic heterocycles. The maximum absolute atomic E-state index is 13.4. The summed E-state index contributed by atoms with van der Waals surface area (Å²) in [5.41, 5.74) is 3.56. The summed E-state index contributed by atoms with van der Waals surface area (Å²) in [6.45, 7) is 3.82. The Morgan fingerprint density at radius 3 is 2.72 bits per heavy atom. The number of hydrogen-bond acceptors (Lipinski definition) is 8. The van der Waals surface area contributed by atoms with E-state index in [9.17, 15) is 13.8 Å². The Balaban J connectivity index is 1.38. The number of methoxy groups -OCH3 is 1. The number of carbonyl (C=O) groups is 2. The van der Waals surface area contributed by atoms with Crippen molar-refractivity contribution in [2.75, 3.05) is 58.2 Å². The highest BCUT2D eigenvalue weighted by Crippen LogP contribution is 2.47. The van der Waals surface area contributed by atoms with Gasteiger partial charge in [0.25, 0.3) is 5.91 Å². The van der Waals surface area contributed by atoms with Crippen molar-refractivity contribution in [2.45, 2.75) is 56.7 Å². The first-order valence-electron chi connectivity index (χ1n) is 16.5. The number of halogens is 1. The molecule has 0 saturated heterocycles. The highest BCUT2D eigenvalue weighted by atomic mass is 35.5. The fourth-order valence-corrected chi connectivity index (χ4v) is 8.81. The Bertz CT molecular complexity index is 1620. The molecule has 9 nitrogen and oxygen atoms in total. The molecule has 1 spiro atoms. The normalized spacial score (nSPS) is 29.5. The van der Waals surface area contributed by atoms with Crippen molar-refractivity contribution in [2.24, 2.45) is 22.1 Å². The Kier molecular flexibility index (Phi) is 10.3. The van der Waals surface area contributed by atoms with E-state index in [0.717, 1.165) is 61.7 Å². The smallest absolute Gasteiger partial charge is 0.254 e. The van der Waals surface area contributed by atoms with Gasteiger partial charge in [0, 0.05) is 50.3 Å². The number of anilines is 1. The molecular formula is C36H45ClN3O6S-. The molecule has 6 rings (SSSR count). The topological polar surface area (TPSA) is 97.7 Å². The molecule has 2 heterocycles. The van der Waals surface area contributed by atoms with Gasteiger partial charge in [0.05, 0.1) is 24.5 Å². The summed E-state index contributed by atoms with van der Waals surface area (Å²) >= 11 is 6.43. The zero-order valence-corrected chi connectivity index (χ0v) is 29.2. The molecular weight excluding hydrogens is 638 g/mol. The third kappa shape index (κ3) is 7.26. The van der Waals surface area contributed by atoms with Gasteiger partial charge in [-0.05, 0) is 91.3 Å². The highest BCUT2D eigenvalue weighted by Gasteiger charge is 2.44. The van der Waals surface area contributed by atoms with Crippen LogP contribution in [0.15, 0.2) is 52.9 Å². The van der Waals surface area contributed by atoms with Gasteiger partial charge in [-0.15, -0.1) is 0 Å². The molecule has 1 saturated carbocycles. The SMILES string of the molecule is COC1C=CC(OCC(=O)N(C)C)C(C)C[S-](=O)=NC(=O)c2ccc3c(c2)N(CC2CCC21)CC1(CCCc2cc(Cl)ccc21)CO3. The average Bonchev–Trinajstić information content (AvgIpc) is 3.18. The molecule has 2 aromatic carbocycles. The third-order valence-electron chi connectivity index (χ3n) is 10.4. The second-order valence-corrected chi connectivity index (χ2v) is 15.4. The van der Waals surface area contributed by atoms with Gasteiger partial charge in [-0.1, -0.05) is 42.5 Å². The van der Waals surface area contributed by atoms with Crippen LogP contribution in [0, 0.1) is 17.8 Å². The largest absolute Gasteiger partial charge is 0.490 e. The monoisotopic (exact) mass is 682 g/mol. The van der Waals surface area contributed by atoms with Crippen molar-refractivity contribution in [3.63, 3.8) is 0 Å². The molecule has 254 valence electrons. The van der Waals surface area contributed by atoms with Crippen LogP contribution in [-0.2, 0) is 40.9 Å². The molecule has 2 aliphatic carbocycles. The van der Waals surface area contributed by atoms with Gasteiger partial charge >= 0.3 is 0 Å². The van der Waals surface area contributed by atoms with Gasteiger partial charge in [-0.3, -0.25) is 9.59 Å². The molecule has 0 radical (unpaired) electrons. The fourth-order valence-electron chi connectivity index (χ4n) is 7.61. The maximum Gasteiger partial charge on any atom is 0.254 e. The molecule has 0 aromatic heterocycles. The van der Waals surface area contributed by atoms with E-state index < -0.39 is 22.6 Å². The summed E-state index contributed by atoms with van der Waals surface area (Å²) in [4.78, 5) is 29.7. The molecule has 0 N–H and O–H groups in total. The summed E-state index contributed by atoms with van der Waals surface area (Å²) in [5, 5.41) is 0.746. The van der Waals surface area contributed by atoms with Crippen LogP contribution in [0.1, 0.15) is 54.1 Å². The fraction of sp³-hybridized carbons (Fsp3) is 0.556. The van der Waals surface area contributed by atoms with Gasteiger partial charge in [0.2, 0.25) is 5.91 Å². The standard InChI is InChI=1S/C36H45ClN3O6S/c1-23-20-47(43)38-35(42)25-8-12-33-30(17-25)40(21-36(22-46-33)15-5-6-24-16-27(37)9-11-29(24)36)18-26-7-10-28(26)32(44-4)14-13-31(23)45-19-34(41)39(2)3/h8-9,11-14,16-17,23,26,28,31-32H,5-7,10,15,18-22H2,1-4H3/q-1. The number of amides is 2. The van der Waals surface area contributed by atoms with Gasteiger partial charge in [-0.25, -0.2) is 0 Å². The van der Waals surface area contributed by atoms with Gasteiger partial charge < -0.3 is 32.6 Å². The first kappa shape index (κ1) is 34.0. The third-order valence-corrected chi connectivity index (χ3v) is 11.9. The average molecular weight is 683 g/mol. The number of fused-ring (bicyclic) bond motifs is 4. The van der Waals surface area contributed by atoms with Crippen molar-refractivity contribution in [1.29, 1.82) is 0 Å².